The van der Waals surface area contributed by atoms with E-state index in [1.54, 1.807) is 0 Å². The molecule has 1 aromatic rings. The van der Waals surface area contributed by atoms with Gasteiger partial charge in [0, 0.05) is 6.54 Å². The second kappa shape index (κ2) is 5.74. The van der Waals surface area contributed by atoms with E-state index in [9.17, 15) is 14.7 Å². The lowest BCUT2D eigenvalue weighted by Crippen LogP contribution is -2.41. The molecule has 0 atom stereocenters. The smallest absolute Gasteiger partial charge is 0.311 e. The van der Waals surface area contributed by atoms with E-state index in [1.165, 1.54) is 11.3 Å². The fraction of sp³-hybridized carbons (Fsp3) is 0.571. The molecular weight excluding hydrogens is 262 g/mol. The summed E-state index contributed by atoms with van der Waals surface area (Å²) in [6.45, 7) is 2.25. The van der Waals surface area contributed by atoms with E-state index in [0.29, 0.717) is 17.7 Å². The lowest BCUT2D eigenvalue weighted by molar-refractivity contribution is -0.148. The molecule has 0 aliphatic heterocycles. The van der Waals surface area contributed by atoms with Crippen LogP contribution in [0, 0.1) is 5.41 Å². The van der Waals surface area contributed by atoms with Gasteiger partial charge >= 0.3 is 5.97 Å². The third kappa shape index (κ3) is 2.81. The summed E-state index contributed by atoms with van der Waals surface area (Å²) in [6, 6.07) is 1.95. The Labute approximate surface area is 116 Å². The molecule has 2 N–H and O–H groups in total. The SMILES string of the molecule is CCc1ccsc1C(=O)NCC1(C(=O)O)CCCC1. The maximum atomic E-state index is 12.1. The van der Waals surface area contributed by atoms with Crippen LogP contribution in [0.4, 0.5) is 0 Å². The van der Waals surface area contributed by atoms with Crippen molar-refractivity contribution in [3.63, 3.8) is 0 Å². The maximum absolute atomic E-state index is 12.1. The number of aliphatic carboxylic acids is 1. The molecule has 19 heavy (non-hydrogen) atoms. The van der Waals surface area contributed by atoms with Gasteiger partial charge in [-0.2, -0.15) is 0 Å². The van der Waals surface area contributed by atoms with Crippen molar-refractivity contribution in [2.45, 2.75) is 39.0 Å². The number of carbonyl (C=O) groups excluding carboxylic acids is 1. The van der Waals surface area contributed by atoms with Crippen molar-refractivity contribution >= 4 is 23.2 Å². The number of carbonyl (C=O) groups is 2. The Kier molecular flexibility index (Phi) is 4.24. The molecule has 2 rings (SSSR count). The Hall–Kier alpha value is -1.36. The summed E-state index contributed by atoms with van der Waals surface area (Å²) < 4.78 is 0. The van der Waals surface area contributed by atoms with Crippen LogP contribution in [-0.4, -0.2) is 23.5 Å². The minimum absolute atomic E-state index is 0.139. The van der Waals surface area contributed by atoms with Crippen LogP contribution >= 0.6 is 11.3 Å². The third-order valence-electron chi connectivity index (χ3n) is 3.94. The van der Waals surface area contributed by atoms with Crippen LogP contribution in [-0.2, 0) is 11.2 Å². The first kappa shape index (κ1) is 14.1. The van der Waals surface area contributed by atoms with Gasteiger partial charge in [-0.1, -0.05) is 19.8 Å². The first-order valence-corrected chi connectivity index (χ1v) is 7.55. The van der Waals surface area contributed by atoms with Gasteiger partial charge in [-0.15, -0.1) is 11.3 Å². The predicted octanol–water partition coefficient (Wildman–Crippen LogP) is 2.69. The van der Waals surface area contributed by atoms with Crippen LogP contribution < -0.4 is 5.32 Å². The van der Waals surface area contributed by atoms with Gasteiger partial charge in [0.25, 0.3) is 5.91 Å². The Morgan fingerprint density at radius 3 is 2.68 bits per heavy atom. The molecule has 0 unspecified atom stereocenters. The summed E-state index contributed by atoms with van der Waals surface area (Å²) in [5, 5.41) is 14.1. The van der Waals surface area contributed by atoms with Crippen molar-refractivity contribution in [3.05, 3.63) is 21.9 Å². The molecule has 1 heterocycles. The van der Waals surface area contributed by atoms with Crippen LogP contribution in [0.3, 0.4) is 0 Å². The van der Waals surface area contributed by atoms with E-state index in [-0.39, 0.29) is 12.5 Å². The highest BCUT2D eigenvalue weighted by molar-refractivity contribution is 7.12. The predicted molar refractivity (Wildman–Crippen MR) is 74.6 cm³/mol. The number of thiophene rings is 1. The Balaban J connectivity index is 2.02. The Morgan fingerprint density at radius 1 is 1.42 bits per heavy atom. The van der Waals surface area contributed by atoms with Crippen LogP contribution in [0.1, 0.15) is 47.8 Å². The average molecular weight is 281 g/mol. The number of nitrogens with one attached hydrogen (secondary N) is 1. The van der Waals surface area contributed by atoms with Crippen molar-refractivity contribution in [2.24, 2.45) is 5.41 Å². The first-order valence-electron chi connectivity index (χ1n) is 6.67. The third-order valence-corrected chi connectivity index (χ3v) is 4.89. The number of hydrogen-bond acceptors (Lipinski definition) is 3. The van der Waals surface area contributed by atoms with Gasteiger partial charge in [0.15, 0.2) is 0 Å². The Morgan fingerprint density at radius 2 is 2.11 bits per heavy atom. The molecule has 1 amide bonds. The standard InChI is InChI=1S/C14H19NO3S/c1-2-10-5-8-19-11(10)12(16)15-9-14(13(17)18)6-3-4-7-14/h5,8H,2-4,6-7,9H2,1H3,(H,15,16)(H,17,18). The molecule has 1 aromatic heterocycles. The lowest BCUT2D eigenvalue weighted by Gasteiger charge is -2.23. The highest BCUT2D eigenvalue weighted by Gasteiger charge is 2.41. The summed E-state index contributed by atoms with van der Waals surface area (Å²) in [5.41, 5.74) is 0.276. The van der Waals surface area contributed by atoms with Crippen molar-refractivity contribution in [1.82, 2.24) is 5.32 Å². The van der Waals surface area contributed by atoms with E-state index in [1.807, 2.05) is 18.4 Å². The van der Waals surface area contributed by atoms with E-state index in [2.05, 4.69) is 5.32 Å². The summed E-state index contributed by atoms with van der Waals surface area (Å²) >= 11 is 1.41. The summed E-state index contributed by atoms with van der Waals surface area (Å²) in [5.74, 6) is -0.924. The van der Waals surface area contributed by atoms with Gasteiger partial charge < -0.3 is 10.4 Å². The molecule has 0 radical (unpaired) electrons. The molecule has 1 fully saturated rings. The van der Waals surface area contributed by atoms with E-state index >= 15 is 0 Å². The van der Waals surface area contributed by atoms with Gasteiger partial charge in [0.2, 0.25) is 0 Å². The molecule has 1 aliphatic rings. The van der Waals surface area contributed by atoms with E-state index in [4.69, 9.17) is 0 Å². The van der Waals surface area contributed by atoms with Gasteiger partial charge in [-0.3, -0.25) is 9.59 Å². The van der Waals surface area contributed by atoms with Crippen LogP contribution in [0.15, 0.2) is 11.4 Å². The molecular formula is C14H19NO3S. The van der Waals surface area contributed by atoms with Gasteiger partial charge in [0.1, 0.15) is 0 Å². The first-order chi connectivity index (χ1) is 9.09. The number of aryl methyl sites for hydroxylation is 1. The molecule has 0 bridgehead atoms. The number of amides is 1. The minimum atomic E-state index is -0.785. The highest BCUT2D eigenvalue weighted by Crippen LogP contribution is 2.37. The lowest BCUT2D eigenvalue weighted by atomic mass is 9.86. The van der Waals surface area contributed by atoms with Crippen LogP contribution in [0.5, 0.6) is 0 Å². The zero-order valence-electron chi connectivity index (χ0n) is 11.1. The summed E-state index contributed by atoms with van der Waals surface area (Å²) in [7, 11) is 0. The van der Waals surface area contributed by atoms with Crippen LogP contribution in [0.2, 0.25) is 0 Å². The second-order valence-corrected chi connectivity index (χ2v) is 6.02. The molecule has 5 heteroatoms. The molecule has 0 aromatic carbocycles. The fourth-order valence-electron chi connectivity index (χ4n) is 2.66. The molecule has 4 nitrogen and oxygen atoms in total. The fourth-order valence-corrected chi connectivity index (χ4v) is 3.57. The second-order valence-electron chi connectivity index (χ2n) is 5.10. The Bertz CT molecular complexity index is 475. The number of carboxylic acids is 1. The van der Waals surface area contributed by atoms with Crippen molar-refractivity contribution in [2.75, 3.05) is 6.54 Å². The largest absolute Gasteiger partial charge is 0.481 e. The van der Waals surface area contributed by atoms with Crippen molar-refractivity contribution in [3.8, 4) is 0 Å². The summed E-state index contributed by atoms with van der Waals surface area (Å²) in [6.07, 6.45) is 4.00. The topological polar surface area (TPSA) is 66.4 Å². The van der Waals surface area contributed by atoms with E-state index in [0.717, 1.165) is 24.8 Å². The number of carboxylic acid groups (broad SMARTS) is 1. The number of rotatable bonds is 5. The molecule has 1 saturated carbocycles. The zero-order valence-corrected chi connectivity index (χ0v) is 11.9. The van der Waals surface area contributed by atoms with Gasteiger partial charge in [0.05, 0.1) is 10.3 Å². The average Bonchev–Trinajstić information content (AvgIpc) is 3.05. The zero-order chi connectivity index (χ0) is 13.9. The molecule has 0 saturated heterocycles. The van der Waals surface area contributed by atoms with Crippen molar-refractivity contribution in [1.29, 1.82) is 0 Å². The highest BCUT2D eigenvalue weighted by atomic mass is 32.1. The summed E-state index contributed by atoms with van der Waals surface area (Å²) in [4.78, 5) is 24.2. The van der Waals surface area contributed by atoms with Gasteiger partial charge in [-0.25, -0.2) is 0 Å². The normalized spacial score (nSPS) is 17.3. The van der Waals surface area contributed by atoms with Crippen LogP contribution in [0.25, 0.3) is 0 Å². The van der Waals surface area contributed by atoms with Crippen molar-refractivity contribution < 1.29 is 14.7 Å². The molecule has 1 aliphatic carbocycles. The minimum Gasteiger partial charge on any atom is -0.481 e. The quantitative estimate of drug-likeness (QED) is 0.872. The number of hydrogen-bond donors (Lipinski definition) is 2. The molecule has 0 spiro atoms. The molecule has 104 valence electrons. The maximum Gasteiger partial charge on any atom is 0.311 e. The van der Waals surface area contributed by atoms with E-state index < -0.39 is 11.4 Å². The van der Waals surface area contributed by atoms with Gasteiger partial charge in [-0.05, 0) is 36.3 Å². The monoisotopic (exact) mass is 281 g/mol.